The van der Waals surface area contributed by atoms with Crippen molar-refractivity contribution in [3.8, 4) is 28.3 Å². The van der Waals surface area contributed by atoms with Gasteiger partial charge >= 0.3 is 6.09 Å². The van der Waals surface area contributed by atoms with E-state index in [1.807, 2.05) is 31.2 Å². The standard InChI is InChI=1S/C24H27N3O3/c1-17-9-10-18(19-13-20(16-25-15-19)23-26-11-12-29-23)14-22(17)30-24(28)27-21-7-5-3-2-4-6-8-21/h9-16,21H,2-8H2,1H3,(H,27,28). The molecule has 2 heterocycles. The van der Waals surface area contributed by atoms with E-state index >= 15 is 0 Å². The summed E-state index contributed by atoms with van der Waals surface area (Å²) in [6.45, 7) is 1.93. The van der Waals surface area contributed by atoms with Crippen LogP contribution in [0.25, 0.3) is 22.6 Å². The predicted octanol–water partition coefficient (Wildman–Crippen LogP) is 5.91. The van der Waals surface area contributed by atoms with Gasteiger partial charge in [-0.2, -0.15) is 0 Å². The number of nitrogens with one attached hydrogen (secondary N) is 1. The summed E-state index contributed by atoms with van der Waals surface area (Å²) < 4.78 is 11.0. The highest BCUT2D eigenvalue weighted by atomic mass is 16.6. The van der Waals surface area contributed by atoms with Crippen LogP contribution in [0.4, 0.5) is 4.79 Å². The molecule has 1 aliphatic rings. The first-order valence-corrected chi connectivity index (χ1v) is 10.6. The molecule has 2 aromatic heterocycles. The van der Waals surface area contributed by atoms with E-state index in [4.69, 9.17) is 9.15 Å². The Morgan fingerprint density at radius 1 is 1.03 bits per heavy atom. The van der Waals surface area contributed by atoms with Crippen LogP contribution < -0.4 is 10.1 Å². The molecule has 1 amide bonds. The Labute approximate surface area is 176 Å². The number of ether oxygens (including phenoxy) is 1. The molecule has 1 N–H and O–H groups in total. The maximum absolute atomic E-state index is 12.5. The lowest BCUT2D eigenvalue weighted by Gasteiger charge is -2.21. The van der Waals surface area contributed by atoms with Crippen molar-refractivity contribution in [2.24, 2.45) is 0 Å². The van der Waals surface area contributed by atoms with Gasteiger partial charge in [0.2, 0.25) is 5.89 Å². The Morgan fingerprint density at radius 2 is 1.80 bits per heavy atom. The van der Waals surface area contributed by atoms with Gasteiger partial charge in [0.25, 0.3) is 0 Å². The molecule has 0 spiro atoms. The number of benzene rings is 1. The van der Waals surface area contributed by atoms with Crippen LogP contribution in [0.15, 0.2) is 53.5 Å². The van der Waals surface area contributed by atoms with Gasteiger partial charge < -0.3 is 14.5 Å². The molecule has 4 rings (SSSR count). The largest absolute Gasteiger partial charge is 0.444 e. The van der Waals surface area contributed by atoms with Crippen LogP contribution in [0.5, 0.6) is 5.75 Å². The second-order valence-electron chi connectivity index (χ2n) is 7.86. The topological polar surface area (TPSA) is 77.2 Å². The molecule has 1 aliphatic carbocycles. The summed E-state index contributed by atoms with van der Waals surface area (Å²) in [5, 5.41) is 3.06. The third-order valence-electron chi connectivity index (χ3n) is 5.57. The lowest BCUT2D eigenvalue weighted by molar-refractivity contribution is 0.193. The number of carbonyl (C=O) groups excluding carboxylic acids is 1. The molecule has 6 nitrogen and oxygen atoms in total. The molecule has 0 saturated heterocycles. The minimum Gasteiger partial charge on any atom is -0.444 e. The molecular weight excluding hydrogens is 378 g/mol. The van der Waals surface area contributed by atoms with E-state index in [0.29, 0.717) is 11.6 Å². The van der Waals surface area contributed by atoms with Gasteiger partial charge in [0, 0.05) is 24.0 Å². The number of amides is 1. The van der Waals surface area contributed by atoms with Crippen LogP contribution >= 0.6 is 0 Å². The monoisotopic (exact) mass is 405 g/mol. The van der Waals surface area contributed by atoms with Crippen LogP contribution in [0.2, 0.25) is 0 Å². The normalized spacial score (nSPS) is 15.2. The molecule has 0 aliphatic heterocycles. The molecule has 1 aromatic carbocycles. The quantitative estimate of drug-likeness (QED) is 0.583. The molecule has 1 saturated carbocycles. The zero-order chi connectivity index (χ0) is 20.8. The van der Waals surface area contributed by atoms with Crippen LogP contribution in [0.3, 0.4) is 0 Å². The second kappa shape index (κ2) is 9.57. The van der Waals surface area contributed by atoms with E-state index in [-0.39, 0.29) is 12.1 Å². The van der Waals surface area contributed by atoms with Gasteiger partial charge in [-0.05, 0) is 43.0 Å². The molecule has 30 heavy (non-hydrogen) atoms. The van der Waals surface area contributed by atoms with Crippen molar-refractivity contribution in [2.75, 3.05) is 0 Å². The molecule has 156 valence electrons. The van der Waals surface area contributed by atoms with Crippen molar-refractivity contribution in [3.05, 3.63) is 54.7 Å². The smallest absolute Gasteiger partial charge is 0.412 e. The van der Waals surface area contributed by atoms with E-state index in [1.165, 1.54) is 25.5 Å². The van der Waals surface area contributed by atoms with E-state index in [2.05, 4.69) is 15.3 Å². The summed E-state index contributed by atoms with van der Waals surface area (Å²) in [6.07, 6.45) is 14.4. The molecule has 3 aromatic rings. The van der Waals surface area contributed by atoms with Crippen molar-refractivity contribution in [2.45, 2.75) is 57.9 Å². The molecule has 0 radical (unpaired) electrons. The Morgan fingerprint density at radius 3 is 2.57 bits per heavy atom. The van der Waals surface area contributed by atoms with Crippen molar-refractivity contribution >= 4 is 6.09 Å². The van der Waals surface area contributed by atoms with E-state index in [0.717, 1.165) is 47.9 Å². The number of hydrogen-bond acceptors (Lipinski definition) is 5. The molecule has 0 bridgehead atoms. The van der Waals surface area contributed by atoms with E-state index in [1.54, 1.807) is 18.6 Å². The first-order chi connectivity index (χ1) is 14.7. The Balaban J connectivity index is 1.48. The summed E-state index contributed by atoms with van der Waals surface area (Å²) in [7, 11) is 0. The third-order valence-corrected chi connectivity index (χ3v) is 5.57. The van der Waals surface area contributed by atoms with E-state index in [9.17, 15) is 4.79 Å². The summed E-state index contributed by atoms with van der Waals surface area (Å²) in [6, 6.07) is 7.98. The van der Waals surface area contributed by atoms with Crippen molar-refractivity contribution in [3.63, 3.8) is 0 Å². The fourth-order valence-corrected chi connectivity index (χ4v) is 3.87. The van der Waals surface area contributed by atoms with Crippen molar-refractivity contribution < 1.29 is 13.9 Å². The molecule has 0 atom stereocenters. The molecule has 6 heteroatoms. The lowest BCUT2D eigenvalue weighted by atomic mass is 9.97. The van der Waals surface area contributed by atoms with E-state index < -0.39 is 0 Å². The maximum Gasteiger partial charge on any atom is 0.412 e. The molecular formula is C24H27N3O3. The minimum absolute atomic E-state index is 0.197. The van der Waals surface area contributed by atoms with Gasteiger partial charge in [-0.1, -0.05) is 44.2 Å². The predicted molar refractivity (Wildman–Crippen MR) is 115 cm³/mol. The number of rotatable bonds is 4. The van der Waals surface area contributed by atoms with Crippen LogP contribution in [0.1, 0.15) is 50.5 Å². The molecule has 1 fully saturated rings. The van der Waals surface area contributed by atoms with Crippen LogP contribution in [-0.2, 0) is 0 Å². The lowest BCUT2D eigenvalue weighted by Crippen LogP contribution is -2.37. The number of hydrogen-bond donors (Lipinski definition) is 1. The van der Waals surface area contributed by atoms with Crippen molar-refractivity contribution in [1.82, 2.24) is 15.3 Å². The van der Waals surface area contributed by atoms with Gasteiger partial charge in [0.05, 0.1) is 11.8 Å². The maximum atomic E-state index is 12.5. The number of carbonyl (C=O) groups is 1. The fourth-order valence-electron chi connectivity index (χ4n) is 3.87. The Hall–Kier alpha value is -3.15. The highest BCUT2D eigenvalue weighted by Gasteiger charge is 2.16. The summed E-state index contributed by atoms with van der Waals surface area (Å²) in [4.78, 5) is 21.0. The number of nitrogens with zero attached hydrogens (tertiary/aromatic N) is 2. The van der Waals surface area contributed by atoms with Gasteiger partial charge in [-0.3, -0.25) is 4.98 Å². The third kappa shape index (κ3) is 5.06. The highest BCUT2D eigenvalue weighted by Crippen LogP contribution is 2.29. The van der Waals surface area contributed by atoms with Gasteiger partial charge in [0.1, 0.15) is 12.0 Å². The van der Waals surface area contributed by atoms with Crippen molar-refractivity contribution in [1.29, 1.82) is 0 Å². The number of pyridine rings is 1. The molecule has 0 unspecified atom stereocenters. The second-order valence-corrected chi connectivity index (χ2v) is 7.86. The zero-order valence-electron chi connectivity index (χ0n) is 17.3. The first kappa shape index (κ1) is 20.1. The fraction of sp³-hybridized carbons (Fsp3) is 0.375. The summed E-state index contributed by atoms with van der Waals surface area (Å²) >= 11 is 0. The van der Waals surface area contributed by atoms with Gasteiger partial charge in [-0.25, -0.2) is 9.78 Å². The number of oxazole rings is 1. The highest BCUT2D eigenvalue weighted by molar-refractivity contribution is 5.74. The first-order valence-electron chi connectivity index (χ1n) is 10.6. The Bertz CT molecular complexity index is 977. The number of aromatic nitrogens is 2. The van der Waals surface area contributed by atoms with Gasteiger partial charge in [0.15, 0.2) is 0 Å². The number of aryl methyl sites for hydroxylation is 1. The van der Waals surface area contributed by atoms with Crippen LogP contribution in [0, 0.1) is 6.92 Å². The minimum atomic E-state index is -0.382. The van der Waals surface area contributed by atoms with Gasteiger partial charge in [-0.15, -0.1) is 0 Å². The Kier molecular flexibility index (Phi) is 6.42. The summed E-state index contributed by atoms with van der Waals surface area (Å²) in [5.41, 5.74) is 3.51. The zero-order valence-corrected chi connectivity index (χ0v) is 17.3. The summed E-state index contributed by atoms with van der Waals surface area (Å²) in [5.74, 6) is 1.07. The van der Waals surface area contributed by atoms with Crippen LogP contribution in [-0.4, -0.2) is 22.1 Å². The average Bonchev–Trinajstić information content (AvgIpc) is 3.27. The SMILES string of the molecule is Cc1ccc(-c2cncc(-c3ncco3)c2)cc1OC(=O)NC1CCCCCCC1. The average molecular weight is 405 g/mol.